The number of hydrogen-bond acceptors (Lipinski definition) is 3. The van der Waals surface area contributed by atoms with Crippen molar-refractivity contribution in [1.82, 2.24) is 5.32 Å². The van der Waals surface area contributed by atoms with Crippen LogP contribution in [0.5, 0.6) is 0 Å². The summed E-state index contributed by atoms with van der Waals surface area (Å²) in [6.45, 7) is 0.950. The largest absolute Gasteiger partial charge is 0.481 e. The molecule has 1 rings (SSSR count). The summed E-state index contributed by atoms with van der Waals surface area (Å²) in [7, 11) is 1.54. The summed E-state index contributed by atoms with van der Waals surface area (Å²) in [6, 6.07) is 3.22. The van der Waals surface area contributed by atoms with E-state index in [1.54, 1.807) is 7.11 Å². The van der Waals surface area contributed by atoms with Crippen LogP contribution in [-0.4, -0.2) is 37.4 Å². The van der Waals surface area contributed by atoms with Crippen molar-refractivity contribution in [1.29, 1.82) is 0 Å². The van der Waals surface area contributed by atoms with Gasteiger partial charge in [-0.15, -0.1) is 0 Å². The zero-order valence-corrected chi connectivity index (χ0v) is 10.7. The van der Waals surface area contributed by atoms with Crippen LogP contribution in [0.1, 0.15) is 12.0 Å². The SMILES string of the molecule is COCCNC(CC(=O)O)Cc1ccc(F)c(F)c1. The Morgan fingerprint density at radius 1 is 1.42 bits per heavy atom. The third kappa shape index (κ3) is 5.76. The monoisotopic (exact) mass is 273 g/mol. The van der Waals surface area contributed by atoms with Crippen molar-refractivity contribution >= 4 is 5.97 Å². The van der Waals surface area contributed by atoms with Crippen LogP contribution in [0.25, 0.3) is 0 Å². The fraction of sp³-hybridized carbons (Fsp3) is 0.462. The molecule has 1 aromatic rings. The normalized spacial score (nSPS) is 12.4. The third-order valence-electron chi connectivity index (χ3n) is 2.63. The van der Waals surface area contributed by atoms with Crippen molar-refractivity contribution in [3.63, 3.8) is 0 Å². The second kappa shape index (κ2) is 7.81. The number of carboxylic acids is 1. The van der Waals surface area contributed by atoms with E-state index in [9.17, 15) is 13.6 Å². The second-order valence-corrected chi connectivity index (χ2v) is 4.19. The van der Waals surface area contributed by atoms with Gasteiger partial charge in [0.2, 0.25) is 0 Å². The number of methoxy groups -OCH3 is 1. The zero-order chi connectivity index (χ0) is 14.3. The first kappa shape index (κ1) is 15.5. The van der Waals surface area contributed by atoms with E-state index in [0.29, 0.717) is 25.1 Å². The fourth-order valence-corrected chi connectivity index (χ4v) is 1.74. The number of hydrogen-bond donors (Lipinski definition) is 2. The molecular formula is C13H17F2NO3. The number of carboxylic acid groups (broad SMARTS) is 1. The summed E-state index contributed by atoms with van der Waals surface area (Å²) in [4.78, 5) is 10.7. The lowest BCUT2D eigenvalue weighted by Crippen LogP contribution is -2.35. The van der Waals surface area contributed by atoms with Crippen LogP contribution < -0.4 is 5.32 Å². The fourth-order valence-electron chi connectivity index (χ4n) is 1.74. The Bertz CT molecular complexity index is 426. The van der Waals surface area contributed by atoms with Crippen LogP contribution in [0.2, 0.25) is 0 Å². The van der Waals surface area contributed by atoms with E-state index >= 15 is 0 Å². The van der Waals surface area contributed by atoms with Crippen molar-refractivity contribution < 1.29 is 23.4 Å². The second-order valence-electron chi connectivity index (χ2n) is 4.19. The van der Waals surface area contributed by atoms with Gasteiger partial charge in [0.1, 0.15) is 0 Å². The van der Waals surface area contributed by atoms with Gasteiger partial charge in [-0.2, -0.15) is 0 Å². The van der Waals surface area contributed by atoms with Crippen molar-refractivity contribution in [3.8, 4) is 0 Å². The molecule has 4 nitrogen and oxygen atoms in total. The maximum absolute atomic E-state index is 13.1. The molecule has 0 fully saturated rings. The van der Waals surface area contributed by atoms with E-state index in [4.69, 9.17) is 9.84 Å². The van der Waals surface area contributed by atoms with Gasteiger partial charge in [0.15, 0.2) is 11.6 Å². The molecule has 0 amide bonds. The maximum Gasteiger partial charge on any atom is 0.304 e. The third-order valence-corrected chi connectivity index (χ3v) is 2.63. The van der Waals surface area contributed by atoms with Gasteiger partial charge < -0.3 is 15.2 Å². The highest BCUT2D eigenvalue weighted by Gasteiger charge is 2.14. The van der Waals surface area contributed by atoms with Crippen molar-refractivity contribution in [2.75, 3.05) is 20.3 Å². The highest BCUT2D eigenvalue weighted by molar-refractivity contribution is 5.67. The predicted octanol–water partition coefficient (Wildman–Crippen LogP) is 1.59. The number of rotatable bonds is 8. The molecule has 106 valence electrons. The number of ether oxygens (including phenoxy) is 1. The molecule has 1 aromatic carbocycles. The van der Waals surface area contributed by atoms with E-state index in [1.807, 2.05) is 0 Å². The first-order valence-corrected chi connectivity index (χ1v) is 5.91. The quantitative estimate of drug-likeness (QED) is 0.706. The van der Waals surface area contributed by atoms with Crippen LogP contribution >= 0.6 is 0 Å². The summed E-state index contributed by atoms with van der Waals surface area (Å²) in [5.74, 6) is -2.79. The van der Waals surface area contributed by atoms with Crippen LogP contribution in [0.4, 0.5) is 8.78 Å². The first-order valence-electron chi connectivity index (χ1n) is 5.91. The number of nitrogens with one attached hydrogen (secondary N) is 1. The first-order chi connectivity index (χ1) is 9.02. The van der Waals surface area contributed by atoms with Gasteiger partial charge in [0.25, 0.3) is 0 Å². The molecule has 0 aliphatic rings. The summed E-state index contributed by atoms with van der Waals surface area (Å²) in [5, 5.41) is 11.8. The van der Waals surface area contributed by atoms with Crippen LogP contribution in [-0.2, 0) is 16.0 Å². The highest BCUT2D eigenvalue weighted by Crippen LogP contribution is 2.11. The van der Waals surface area contributed by atoms with Gasteiger partial charge in [-0.3, -0.25) is 4.79 Å². The average molecular weight is 273 g/mol. The molecule has 0 radical (unpaired) electrons. The van der Waals surface area contributed by atoms with Crippen LogP contribution in [0.15, 0.2) is 18.2 Å². The van der Waals surface area contributed by atoms with Crippen molar-refractivity contribution in [3.05, 3.63) is 35.4 Å². The molecule has 1 atom stereocenters. The molecule has 19 heavy (non-hydrogen) atoms. The molecule has 0 heterocycles. The lowest BCUT2D eigenvalue weighted by Gasteiger charge is -2.17. The Balaban J connectivity index is 2.63. The van der Waals surface area contributed by atoms with Gasteiger partial charge in [0.05, 0.1) is 13.0 Å². The Kier molecular flexibility index (Phi) is 6.38. The van der Waals surface area contributed by atoms with E-state index in [1.165, 1.54) is 6.07 Å². The molecule has 0 saturated carbocycles. The molecule has 0 aliphatic carbocycles. The molecule has 0 aromatic heterocycles. The maximum atomic E-state index is 13.1. The predicted molar refractivity (Wildman–Crippen MR) is 66.0 cm³/mol. The minimum Gasteiger partial charge on any atom is -0.481 e. The molecule has 2 N–H and O–H groups in total. The van der Waals surface area contributed by atoms with E-state index < -0.39 is 17.6 Å². The van der Waals surface area contributed by atoms with Gasteiger partial charge in [-0.25, -0.2) is 8.78 Å². The van der Waals surface area contributed by atoms with Gasteiger partial charge >= 0.3 is 5.97 Å². The minimum absolute atomic E-state index is 0.0945. The molecule has 0 saturated heterocycles. The van der Waals surface area contributed by atoms with E-state index in [0.717, 1.165) is 12.1 Å². The molecule has 6 heteroatoms. The van der Waals surface area contributed by atoms with Gasteiger partial charge in [-0.05, 0) is 24.1 Å². The summed E-state index contributed by atoms with van der Waals surface area (Å²) >= 11 is 0. The molecule has 0 bridgehead atoms. The molecule has 1 unspecified atom stereocenters. The summed E-state index contributed by atoms with van der Waals surface area (Å²) < 4.78 is 30.7. The van der Waals surface area contributed by atoms with Crippen molar-refractivity contribution in [2.24, 2.45) is 0 Å². The van der Waals surface area contributed by atoms with Crippen LogP contribution in [0, 0.1) is 11.6 Å². The minimum atomic E-state index is -0.947. The zero-order valence-electron chi connectivity index (χ0n) is 10.7. The Morgan fingerprint density at radius 2 is 2.16 bits per heavy atom. The summed E-state index contributed by atoms with van der Waals surface area (Å²) in [6.07, 6.45) is 0.218. The van der Waals surface area contributed by atoms with E-state index in [-0.39, 0.29) is 12.5 Å². The Morgan fingerprint density at radius 3 is 2.74 bits per heavy atom. The Labute approximate surface area is 110 Å². The highest BCUT2D eigenvalue weighted by atomic mass is 19.2. The van der Waals surface area contributed by atoms with Crippen LogP contribution in [0.3, 0.4) is 0 Å². The number of carbonyl (C=O) groups is 1. The van der Waals surface area contributed by atoms with E-state index in [2.05, 4.69) is 5.32 Å². The average Bonchev–Trinajstić information content (AvgIpc) is 2.33. The molecule has 0 aliphatic heterocycles. The standard InChI is InChI=1S/C13H17F2NO3/c1-19-5-4-16-10(8-13(17)18)6-9-2-3-11(14)12(15)7-9/h2-3,7,10,16H,4-6,8H2,1H3,(H,17,18). The number of benzene rings is 1. The van der Waals surface area contributed by atoms with Gasteiger partial charge in [-0.1, -0.05) is 6.07 Å². The van der Waals surface area contributed by atoms with Gasteiger partial charge in [0, 0.05) is 19.7 Å². The summed E-state index contributed by atoms with van der Waals surface area (Å²) in [5.41, 5.74) is 0.551. The number of aliphatic carboxylic acids is 1. The smallest absolute Gasteiger partial charge is 0.304 e. The molecular weight excluding hydrogens is 256 g/mol. The number of halogens is 2. The molecule has 0 spiro atoms. The lowest BCUT2D eigenvalue weighted by molar-refractivity contribution is -0.137. The lowest BCUT2D eigenvalue weighted by atomic mass is 10.0. The Hall–Kier alpha value is -1.53. The van der Waals surface area contributed by atoms with Crippen molar-refractivity contribution in [2.45, 2.75) is 18.9 Å². The topological polar surface area (TPSA) is 58.6 Å².